The smallest absolute Gasteiger partial charge is 0.219 e. The van der Waals surface area contributed by atoms with Crippen LogP contribution < -0.4 is 11.5 Å². The van der Waals surface area contributed by atoms with Gasteiger partial charge in [0.2, 0.25) is 5.91 Å². The molecule has 13 heavy (non-hydrogen) atoms. The molecule has 0 saturated heterocycles. The Morgan fingerprint density at radius 2 is 1.92 bits per heavy atom. The molecule has 0 aliphatic carbocycles. The van der Waals surface area contributed by atoms with Gasteiger partial charge in [0.05, 0.1) is 13.2 Å². The van der Waals surface area contributed by atoms with E-state index >= 15 is 0 Å². The van der Waals surface area contributed by atoms with E-state index in [1.165, 1.54) is 0 Å². The topological polar surface area (TPSA) is 78.3 Å². The van der Waals surface area contributed by atoms with Gasteiger partial charge in [0.25, 0.3) is 0 Å². The molecule has 0 bridgehead atoms. The highest BCUT2D eigenvalue weighted by molar-refractivity contribution is 5.73. The Hall–Kier alpha value is -0.610. The van der Waals surface area contributed by atoms with Crippen LogP contribution in [-0.2, 0) is 9.53 Å². The van der Waals surface area contributed by atoms with Crippen molar-refractivity contribution < 1.29 is 9.53 Å². The van der Waals surface area contributed by atoms with Crippen molar-refractivity contribution in [2.75, 3.05) is 13.2 Å². The van der Waals surface area contributed by atoms with Crippen LogP contribution in [0.2, 0.25) is 0 Å². The van der Waals surface area contributed by atoms with E-state index in [2.05, 4.69) is 0 Å². The van der Waals surface area contributed by atoms with Gasteiger partial charge in [-0.15, -0.1) is 0 Å². The van der Waals surface area contributed by atoms with E-state index in [9.17, 15) is 4.79 Å². The molecule has 4 N–H and O–H groups in total. The Labute approximate surface area is 79.6 Å². The van der Waals surface area contributed by atoms with Crippen molar-refractivity contribution in [2.45, 2.75) is 38.6 Å². The van der Waals surface area contributed by atoms with E-state index in [1.54, 1.807) is 0 Å². The van der Waals surface area contributed by atoms with Crippen LogP contribution in [0.15, 0.2) is 0 Å². The summed E-state index contributed by atoms with van der Waals surface area (Å²) in [4.78, 5) is 10.4. The molecule has 0 aromatic carbocycles. The summed E-state index contributed by atoms with van der Waals surface area (Å²) in [5, 5.41) is 0. The van der Waals surface area contributed by atoms with Crippen LogP contribution in [0.3, 0.4) is 0 Å². The van der Waals surface area contributed by atoms with E-state index in [0.29, 0.717) is 13.2 Å². The highest BCUT2D eigenvalue weighted by atomic mass is 16.5. The number of hydrogen-bond acceptors (Lipinski definition) is 3. The van der Waals surface area contributed by atoms with Gasteiger partial charge in [0, 0.05) is 12.0 Å². The fraction of sp³-hybridized carbons (Fsp3) is 0.889. The Balaban J connectivity index is 3.55. The first-order valence-electron chi connectivity index (χ1n) is 4.69. The molecule has 0 rings (SSSR count). The lowest BCUT2D eigenvalue weighted by molar-refractivity contribution is -0.119. The molecule has 0 spiro atoms. The summed E-state index contributed by atoms with van der Waals surface area (Å²) in [5.74, 6) is -0.337. The fourth-order valence-electron chi connectivity index (χ4n) is 0.902. The zero-order valence-electron chi connectivity index (χ0n) is 8.51. The monoisotopic (exact) mass is 188 g/mol. The molecule has 78 valence electrons. The molecule has 0 aromatic heterocycles. The largest absolute Gasteiger partial charge is 0.379 e. The van der Waals surface area contributed by atoms with Crippen LogP contribution in [0.1, 0.15) is 33.1 Å². The fourth-order valence-corrected chi connectivity index (χ4v) is 0.902. The summed E-state index contributed by atoms with van der Waals surface area (Å²) in [5.41, 5.74) is 10.7. The molecule has 0 atom stereocenters. The first kappa shape index (κ1) is 12.4. The van der Waals surface area contributed by atoms with E-state index < -0.39 is 0 Å². The average Bonchev–Trinajstić information content (AvgIpc) is 2.12. The summed E-state index contributed by atoms with van der Waals surface area (Å²) < 4.78 is 5.27. The van der Waals surface area contributed by atoms with Crippen molar-refractivity contribution in [3.8, 4) is 0 Å². The third kappa shape index (κ3) is 5.60. The van der Waals surface area contributed by atoms with E-state index in [4.69, 9.17) is 16.2 Å². The van der Waals surface area contributed by atoms with Gasteiger partial charge < -0.3 is 16.2 Å². The maximum absolute atomic E-state index is 10.4. The highest BCUT2D eigenvalue weighted by Crippen LogP contribution is 2.11. The van der Waals surface area contributed by atoms with Gasteiger partial charge >= 0.3 is 0 Å². The Morgan fingerprint density at radius 3 is 2.31 bits per heavy atom. The minimum absolute atomic E-state index is 0.252. The number of ether oxygens (including phenoxy) is 1. The first-order valence-corrected chi connectivity index (χ1v) is 4.69. The molecule has 0 unspecified atom stereocenters. The molecular formula is C9H20N2O2. The standard InChI is InChI=1S/C9H20N2O2/c1-3-9(11,4-2)7-13-6-5-8(10)12/h3-7,11H2,1-2H3,(H2,10,12). The minimum Gasteiger partial charge on any atom is -0.379 e. The molecule has 0 aliphatic rings. The van der Waals surface area contributed by atoms with Crippen molar-refractivity contribution in [2.24, 2.45) is 11.5 Å². The van der Waals surface area contributed by atoms with Crippen LogP contribution in [0.4, 0.5) is 0 Å². The molecule has 0 radical (unpaired) electrons. The lowest BCUT2D eigenvalue weighted by Gasteiger charge is -2.26. The van der Waals surface area contributed by atoms with Crippen molar-refractivity contribution in [1.82, 2.24) is 0 Å². The zero-order chi connectivity index (χ0) is 10.3. The van der Waals surface area contributed by atoms with Gasteiger partial charge in [0.15, 0.2) is 0 Å². The minimum atomic E-state index is -0.337. The van der Waals surface area contributed by atoms with Gasteiger partial charge in [-0.05, 0) is 12.8 Å². The molecular weight excluding hydrogens is 168 g/mol. The molecule has 0 aliphatic heterocycles. The molecule has 0 fully saturated rings. The maximum Gasteiger partial charge on any atom is 0.219 e. The summed E-state index contributed by atoms with van der Waals surface area (Å²) in [6.45, 7) is 4.92. The Kier molecular flexibility index (Phi) is 5.66. The second-order valence-corrected chi connectivity index (χ2v) is 3.34. The number of carbonyl (C=O) groups excluding carboxylic acids is 1. The molecule has 0 aromatic rings. The van der Waals surface area contributed by atoms with Gasteiger partial charge in [-0.3, -0.25) is 4.79 Å². The third-order valence-electron chi connectivity index (χ3n) is 2.29. The SMILES string of the molecule is CCC(N)(CC)COCCC(N)=O. The number of rotatable bonds is 7. The second-order valence-electron chi connectivity index (χ2n) is 3.34. The van der Waals surface area contributed by atoms with Crippen molar-refractivity contribution in [3.63, 3.8) is 0 Å². The maximum atomic E-state index is 10.4. The third-order valence-corrected chi connectivity index (χ3v) is 2.29. The molecule has 0 heterocycles. The second kappa shape index (κ2) is 5.94. The first-order chi connectivity index (χ1) is 6.04. The normalized spacial score (nSPS) is 11.6. The van der Waals surface area contributed by atoms with Crippen LogP contribution in [0, 0.1) is 0 Å². The number of hydrogen-bond donors (Lipinski definition) is 2. The van der Waals surface area contributed by atoms with Gasteiger partial charge in [-0.2, -0.15) is 0 Å². The predicted molar refractivity (Wildman–Crippen MR) is 52.1 cm³/mol. The summed E-state index contributed by atoms with van der Waals surface area (Å²) >= 11 is 0. The van der Waals surface area contributed by atoms with Crippen LogP contribution in [0.25, 0.3) is 0 Å². The van der Waals surface area contributed by atoms with E-state index in [-0.39, 0.29) is 17.9 Å². The zero-order valence-corrected chi connectivity index (χ0v) is 8.51. The van der Waals surface area contributed by atoms with Crippen LogP contribution >= 0.6 is 0 Å². The number of primary amides is 1. The number of carbonyl (C=O) groups is 1. The molecule has 1 amide bonds. The van der Waals surface area contributed by atoms with Gasteiger partial charge in [-0.1, -0.05) is 13.8 Å². The molecule has 0 saturated carbocycles. The molecule has 4 nitrogen and oxygen atoms in total. The highest BCUT2D eigenvalue weighted by Gasteiger charge is 2.19. The summed E-state index contributed by atoms with van der Waals surface area (Å²) in [6, 6.07) is 0. The van der Waals surface area contributed by atoms with Crippen LogP contribution in [-0.4, -0.2) is 24.7 Å². The van der Waals surface area contributed by atoms with Crippen molar-refractivity contribution in [3.05, 3.63) is 0 Å². The lowest BCUT2D eigenvalue weighted by Crippen LogP contribution is -2.43. The number of amides is 1. The summed E-state index contributed by atoms with van der Waals surface area (Å²) in [6.07, 6.45) is 2.02. The molecule has 4 heteroatoms. The van der Waals surface area contributed by atoms with Crippen molar-refractivity contribution in [1.29, 1.82) is 0 Å². The van der Waals surface area contributed by atoms with Gasteiger partial charge in [0.1, 0.15) is 0 Å². The average molecular weight is 188 g/mol. The van der Waals surface area contributed by atoms with Gasteiger partial charge in [-0.25, -0.2) is 0 Å². The Bertz CT molecular complexity index is 156. The lowest BCUT2D eigenvalue weighted by atomic mass is 9.96. The van der Waals surface area contributed by atoms with Crippen LogP contribution in [0.5, 0.6) is 0 Å². The van der Waals surface area contributed by atoms with E-state index in [1.807, 2.05) is 13.8 Å². The van der Waals surface area contributed by atoms with Crippen molar-refractivity contribution >= 4 is 5.91 Å². The Morgan fingerprint density at radius 1 is 1.38 bits per heavy atom. The quantitative estimate of drug-likeness (QED) is 0.567. The summed E-state index contributed by atoms with van der Waals surface area (Å²) in [7, 11) is 0. The van der Waals surface area contributed by atoms with E-state index in [0.717, 1.165) is 12.8 Å². The predicted octanol–water partition coefficient (Wildman–Crippen LogP) is 0.396. The number of nitrogens with two attached hydrogens (primary N) is 2.